The number of hydrogen-bond acceptors (Lipinski definition) is 9. The third-order valence-corrected chi connectivity index (χ3v) is 8.71. The molecule has 0 saturated carbocycles. The number of amides is 2. The zero-order valence-corrected chi connectivity index (χ0v) is 30.1. The Bertz CT molecular complexity index is 1530. The molecule has 52 heavy (non-hydrogen) atoms. The predicted octanol–water partition coefficient (Wildman–Crippen LogP) is 1.75. The van der Waals surface area contributed by atoms with Crippen LogP contribution in [0.1, 0.15) is 30.4 Å². The number of carbonyl (C=O) groups excluding carboxylic acids is 2. The van der Waals surface area contributed by atoms with Crippen LogP contribution in [0.5, 0.6) is 0 Å². The van der Waals surface area contributed by atoms with Crippen molar-refractivity contribution in [3.8, 4) is 0 Å². The Morgan fingerprint density at radius 2 is 1.71 bits per heavy atom. The summed E-state index contributed by atoms with van der Waals surface area (Å²) in [5, 5.41) is 12.4. The van der Waals surface area contributed by atoms with Crippen LogP contribution >= 0.6 is 0 Å². The minimum atomic E-state index is -4.48. The number of nitrogens with one attached hydrogen (secondary N) is 4. The third-order valence-electron chi connectivity index (χ3n) is 8.71. The van der Waals surface area contributed by atoms with E-state index < -0.39 is 41.5 Å². The van der Waals surface area contributed by atoms with E-state index in [9.17, 15) is 27.2 Å². The fourth-order valence-electron chi connectivity index (χ4n) is 5.79. The van der Waals surface area contributed by atoms with Crippen LogP contribution in [-0.2, 0) is 36.1 Å². The van der Waals surface area contributed by atoms with Crippen molar-refractivity contribution in [1.82, 2.24) is 20.8 Å². The van der Waals surface area contributed by atoms with Gasteiger partial charge < -0.3 is 45.3 Å². The van der Waals surface area contributed by atoms with Gasteiger partial charge in [-0.25, -0.2) is 4.39 Å². The van der Waals surface area contributed by atoms with Crippen molar-refractivity contribution < 1.29 is 45.6 Å². The van der Waals surface area contributed by atoms with Gasteiger partial charge in [-0.2, -0.15) is 13.2 Å². The SMILES string of the molecule is COBNCC[N+](C)(CCBOCN)CCC[C@H](NBOC)C(=O)N[C@H](CCc1ccc(C(F)(F)F)cc1)C(=O)Nc1cnc2ccc(F)cc2c1. The molecule has 12 nitrogen and oxygen atoms in total. The fourth-order valence-corrected chi connectivity index (χ4v) is 5.79. The number of alkyl halides is 3. The topological polar surface area (TPSA) is 149 Å². The van der Waals surface area contributed by atoms with Gasteiger partial charge in [0.1, 0.15) is 11.9 Å². The summed E-state index contributed by atoms with van der Waals surface area (Å²) in [5.41, 5.74) is 6.08. The molecule has 6 N–H and O–H groups in total. The maximum atomic E-state index is 13.9. The van der Waals surface area contributed by atoms with Crippen molar-refractivity contribution in [3.05, 3.63) is 71.7 Å². The molecular weight excluding hydrogens is 683 g/mol. The fraction of sp³-hybridized carbons (Fsp3) is 0.485. The maximum Gasteiger partial charge on any atom is 0.416 e. The highest BCUT2D eigenvalue weighted by Gasteiger charge is 2.31. The molecule has 2 amide bonds. The molecule has 0 aliphatic carbocycles. The van der Waals surface area contributed by atoms with Gasteiger partial charge in [-0.15, -0.1) is 0 Å². The molecule has 1 heterocycles. The number of hydrogen-bond donors (Lipinski definition) is 5. The van der Waals surface area contributed by atoms with E-state index in [4.69, 9.17) is 19.7 Å². The molecule has 3 rings (SSSR count). The second-order valence-electron chi connectivity index (χ2n) is 12.8. The summed E-state index contributed by atoms with van der Waals surface area (Å²) in [5.74, 6) is -1.46. The largest absolute Gasteiger partial charge is 0.427 e. The van der Waals surface area contributed by atoms with Gasteiger partial charge in [0.2, 0.25) is 11.8 Å². The second-order valence-corrected chi connectivity index (χ2v) is 12.8. The maximum absolute atomic E-state index is 13.9. The molecule has 282 valence electrons. The van der Waals surface area contributed by atoms with Crippen LogP contribution < -0.4 is 26.8 Å². The average Bonchev–Trinajstić information content (AvgIpc) is 3.11. The number of rotatable bonds is 24. The number of anilines is 1. The number of likely N-dealkylation sites (N-methyl/N-ethyl adjacent to an activating group) is 1. The van der Waals surface area contributed by atoms with Crippen molar-refractivity contribution in [3.63, 3.8) is 0 Å². The van der Waals surface area contributed by atoms with Gasteiger partial charge >= 0.3 is 21.4 Å². The molecule has 1 unspecified atom stereocenters. The van der Waals surface area contributed by atoms with Crippen LogP contribution in [0.15, 0.2) is 54.7 Å². The molecule has 19 heteroatoms. The quantitative estimate of drug-likeness (QED) is 0.0306. The monoisotopic (exact) mass is 732 g/mol. The van der Waals surface area contributed by atoms with E-state index >= 15 is 0 Å². The second kappa shape index (κ2) is 21.8. The van der Waals surface area contributed by atoms with Crippen molar-refractivity contribution in [2.75, 3.05) is 59.5 Å². The molecule has 3 atom stereocenters. The third kappa shape index (κ3) is 14.8. The first-order valence-corrected chi connectivity index (χ1v) is 17.2. The van der Waals surface area contributed by atoms with Crippen LogP contribution in [0, 0.1) is 5.82 Å². The lowest BCUT2D eigenvalue weighted by atomic mass is 9.94. The highest BCUT2D eigenvalue weighted by molar-refractivity contribution is 6.27. The molecule has 0 bridgehead atoms. The smallest absolute Gasteiger partial charge is 0.416 e. The van der Waals surface area contributed by atoms with Crippen LogP contribution in [0.4, 0.5) is 23.2 Å². The number of benzene rings is 2. The summed E-state index contributed by atoms with van der Waals surface area (Å²) in [6.07, 6.45) is -0.861. The summed E-state index contributed by atoms with van der Waals surface area (Å²) in [7, 11) is 6.32. The molecular formula is C33H49B3F4N7O5+. The van der Waals surface area contributed by atoms with Gasteiger partial charge in [0.25, 0.3) is 7.48 Å². The van der Waals surface area contributed by atoms with E-state index in [1.54, 1.807) is 13.2 Å². The molecule has 0 spiro atoms. The molecule has 1 aromatic heterocycles. The predicted molar refractivity (Wildman–Crippen MR) is 197 cm³/mol. The van der Waals surface area contributed by atoms with E-state index in [2.05, 4.69) is 33.1 Å². The van der Waals surface area contributed by atoms with Gasteiger partial charge in [-0.1, -0.05) is 12.1 Å². The molecule has 0 fully saturated rings. The number of halogens is 4. The Hall–Kier alpha value is -3.58. The van der Waals surface area contributed by atoms with E-state index in [1.807, 2.05) is 0 Å². The lowest BCUT2D eigenvalue weighted by molar-refractivity contribution is -0.906. The summed E-state index contributed by atoms with van der Waals surface area (Å²) in [6.45, 7) is 3.29. The number of nitrogens with zero attached hydrogens (tertiary/aromatic N) is 2. The highest BCUT2D eigenvalue weighted by atomic mass is 19.4. The van der Waals surface area contributed by atoms with Crippen molar-refractivity contribution in [2.24, 2.45) is 5.73 Å². The molecule has 2 aromatic carbocycles. The summed E-state index contributed by atoms with van der Waals surface area (Å²) in [6, 6.07) is 8.56. The van der Waals surface area contributed by atoms with E-state index in [1.165, 1.54) is 43.6 Å². The number of quaternary nitrogens is 1. The van der Waals surface area contributed by atoms with Crippen LogP contribution in [0.2, 0.25) is 6.32 Å². The van der Waals surface area contributed by atoms with Gasteiger partial charge in [0.15, 0.2) is 0 Å². The summed E-state index contributed by atoms with van der Waals surface area (Å²) < 4.78 is 69.6. The summed E-state index contributed by atoms with van der Waals surface area (Å²) in [4.78, 5) is 31.7. The minimum absolute atomic E-state index is 0.0866. The molecule has 3 aromatic rings. The average molecular weight is 732 g/mol. The lowest BCUT2D eigenvalue weighted by Gasteiger charge is -2.35. The Morgan fingerprint density at radius 1 is 0.962 bits per heavy atom. The first-order valence-electron chi connectivity index (χ1n) is 17.2. The van der Waals surface area contributed by atoms with Crippen LogP contribution in [-0.4, -0.2) is 110 Å². The highest BCUT2D eigenvalue weighted by Crippen LogP contribution is 2.29. The number of carbonyl (C=O) groups is 2. The van der Waals surface area contributed by atoms with Gasteiger partial charge in [-0.05, 0) is 74.0 Å². The van der Waals surface area contributed by atoms with Gasteiger partial charge in [0.05, 0.1) is 62.4 Å². The zero-order valence-electron chi connectivity index (χ0n) is 30.1. The molecule has 0 radical (unpaired) electrons. The summed E-state index contributed by atoms with van der Waals surface area (Å²) >= 11 is 0. The van der Waals surface area contributed by atoms with Crippen molar-refractivity contribution >= 4 is 51.1 Å². The first-order chi connectivity index (χ1) is 24.9. The van der Waals surface area contributed by atoms with Crippen molar-refractivity contribution in [1.29, 1.82) is 0 Å². The molecule has 0 aliphatic heterocycles. The Labute approximate surface area is 304 Å². The van der Waals surface area contributed by atoms with Gasteiger partial charge in [-0.3, -0.25) is 14.6 Å². The zero-order chi connectivity index (χ0) is 38.0. The lowest BCUT2D eigenvalue weighted by Crippen LogP contribution is -2.53. The van der Waals surface area contributed by atoms with Crippen LogP contribution in [0.3, 0.4) is 0 Å². The number of aryl methyl sites for hydroxylation is 1. The van der Waals surface area contributed by atoms with Crippen molar-refractivity contribution in [2.45, 2.75) is 50.3 Å². The number of pyridine rings is 1. The molecule has 0 saturated heterocycles. The van der Waals surface area contributed by atoms with E-state index in [0.717, 1.165) is 44.6 Å². The standard InChI is InChI=1S/C33H48B3F4N7O5/c1-47(17-14-34-52-22-41,18-15-43-35-50-2)16-4-5-30(46-36-51-3)32(49)45-29(12-8-23-6-9-25(10-7-23)33(38,39)40)31(48)44-27-20-24-19-26(37)11-13-28(24)42-21-27/h6-7,9-11,13,19-21,29-30,34-36,43,46H,4-5,8,12,14-18,22,41H2,1-3H3,(H-,44,45,48,49)/p+1/t29-,30+,47?/m1/s1. The Morgan fingerprint density at radius 3 is 2.40 bits per heavy atom. The molecule has 0 aliphatic rings. The Kier molecular flexibility index (Phi) is 18.0. The van der Waals surface area contributed by atoms with Crippen LogP contribution in [0.25, 0.3) is 10.9 Å². The number of nitrogens with two attached hydrogens (primary N) is 1. The Balaban J connectivity index is 1.75. The minimum Gasteiger partial charge on any atom is -0.427 e. The normalized spacial score (nSPS) is 13.9. The first kappa shape index (κ1) is 42.8. The van der Waals surface area contributed by atoms with Gasteiger partial charge in [0, 0.05) is 26.2 Å². The number of aromatic nitrogens is 1. The number of fused-ring (bicyclic) bond motifs is 1. The van der Waals surface area contributed by atoms with E-state index in [-0.39, 0.29) is 27.2 Å². The van der Waals surface area contributed by atoms with E-state index in [0.29, 0.717) is 54.6 Å².